The molecular weight excluding hydrogens is 318 g/mol. The normalized spacial score (nSPS) is 12.6. The molecule has 1 aromatic rings. The monoisotopic (exact) mass is 361 g/mol. The molecule has 0 radical (unpaired) electrons. The van der Waals surface area contributed by atoms with Gasteiger partial charge in [-0.25, -0.2) is 0 Å². The van der Waals surface area contributed by atoms with E-state index in [9.17, 15) is 4.79 Å². The number of H-pyrrole nitrogens is 1. The molecule has 2 heteroatoms. The first-order valence-corrected chi connectivity index (χ1v) is 11.3. The molecule has 0 aliphatic carbocycles. The number of hydrogen-bond donors (Lipinski definition) is 1. The van der Waals surface area contributed by atoms with E-state index >= 15 is 0 Å². The highest BCUT2D eigenvalue weighted by Gasteiger charge is 2.10. The highest BCUT2D eigenvalue weighted by atomic mass is 16.1. The van der Waals surface area contributed by atoms with Crippen LogP contribution in [0.5, 0.6) is 0 Å². The van der Waals surface area contributed by atoms with Crippen molar-refractivity contribution in [2.24, 2.45) is 11.8 Å². The molecule has 26 heavy (non-hydrogen) atoms. The molecule has 0 bridgehead atoms. The summed E-state index contributed by atoms with van der Waals surface area (Å²) in [5, 5.41) is 0. The van der Waals surface area contributed by atoms with Crippen LogP contribution in [-0.4, -0.2) is 10.8 Å². The Balaban J connectivity index is 1.97. The first-order valence-electron chi connectivity index (χ1n) is 11.3. The zero-order valence-corrected chi connectivity index (χ0v) is 17.7. The minimum absolute atomic E-state index is 0.283. The Morgan fingerprint density at radius 3 is 2.12 bits per heavy atom. The van der Waals surface area contributed by atoms with Crippen LogP contribution in [0.15, 0.2) is 18.5 Å². The number of hydrogen-bond acceptors (Lipinski definition) is 1. The van der Waals surface area contributed by atoms with Crippen molar-refractivity contribution in [3.8, 4) is 0 Å². The summed E-state index contributed by atoms with van der Waals surface area (Å²) in [5.41, 5.74) is 0.833. The van der Waals surface area contributed by atoms with Crippen molar-refractivity contribution in [2.45, 2.75) is 111 Å². The summed E-state index contributed by atoms with van der Waals surface area (Å²) in [7, 11) is 0. The molecule has 1 rings (SSSR count). The fourth-order valence-electron chi connectivity index (χ4n) is 3.97. The first-order chi connectivity index (χ1) is 12.6. The lowest BCUT2D eigenvalue weighted by Crippen LogP contribution is -2.05. The van der Waals surface area contributed by atoms with Crippen molar-refractivity contribution in [2.75, 3.05) is 0 Å². The molecule has 2 nitrogen and oxygen atoms in total. The van der Waals surface area contributed by atoms with Gasteiger partial charge in [-0.2, -0.15) is 0 Å². The molecule has 0 saturated heterocycles. The Bertz CT molecular complexity index is 435. The molecule has 0 aliphatic heterocycles. The topological polar surface area (TPSA) is 32.9 Å². The summed E-state index contributed by atoms with van der Waals surface area (Å²) in [5.74, 6) is 2.09. The van der Waals surface area contributed by atoms with Crippen molar-refractivity contribution < 1.29 is 4.79 Å². The van der Waals surface area contributed by atoms with E-state index in [0.29, 0.717) is 6.42 Å². The number of rotatable bonds is 17. The Kier molecular flexibility index (Phi) is 13.3. The Morgan fingerprint density at radius 2 is 1.54 bits per heavy atom. The zero-order valence-electron chi connectivity index (χ0n) is 17.7. The molecule has 0 amide bonds. The van der Waals surface area contributed by atoms with Gasteiger partial charge < -0.3 is 4.98 Å². The number of nitrogens with one attached hydrogen (secondary N) is 1. The average Bonchev–Trinajstić information content (AvgIpc) is 3.14. The third-order valence-corrected chi connectivity index (χ3v) is 5.46. The summed E-state index contributed by atoms with van der Waals surface area (Å²) >= 11 is 0. The molecule has 1 aromatic heterocycles. The van der Waals surface area contributed by atoms with Crippen LogP contribution in [0, 0.1) is 11.8 Å². The Hall–Kier alpha value is -1.05. The van der Waals surface area contributed by atoms with Crippen LogP contribution in [0.3, 0.4) is 0 Å². The lowest BCUT2D eigenvalue weighted by Gasteiger charge is -2.19. The molecule has 150 valence electrons. The number of aromatic amines is 1. The number of Topliss-reactive ketones (excluding diaryl/α,β-unsaturated/α-hetero) is 1. The molecule has 1 heterocycles. The second kappa shape index (κ2) is 15.1. The summed E-state index contributed by atoms with van der Waals surface area (Å²) in [4.78, 5) is 14.8. The predicted molar refractivity (Wildman–Crippen MR) is 114 cm³/mol. The predicted octanol–water partition coefficient (Wildman–Crippen LogP) is 7.95. The standard InChI is InChI=1S/C24H43NO/c1-4-5-11-14-22(19-21(2)3)15-12-9-7-6-8-10-13-16-24(26)23-17-18-25-20-23/h17-18,20-22,25H,4-16,19H2,1-3H3. The number of ketones is 1. The third kappa shape index (κ3) is 11.5. The van der Waals surface area contributed by atoms with Gasteiger partial charge in [-0.05, 0) is 30.7 Å². The second-order valence-electron chi connectivity index (χ2n) is 8.53. The Morgan fingerprint density at radius 1 is 0.923 bits per heavy atom. The van der Waals surface area contributed by atoms with Gasteiger partial charge in [-0.1, -0.05) is 91.4 Å². The van der Waals surface area contributed by atoms with Crippen molar-refractivity contribution in [1.82, 2.24) is 4.98 Å². The van der Waals surface area contributed by atoms with Crippen molar-refractivity contribution in [3.63, 3.8) is 0 Å². The van der Waals surface area contributed by atoms with Gasteiger partial charge in [0.05, 0.1) is 0 Å². The van der Waals surface area contributed by atoms with Crippen LogP contribution in [0.25, 0.3) is 0 Å². The van der Waals surface area contributed by atoms with Gasteiger partial charge in [-0.15, -0.1) is 0 Å². The number of unbranched alkanes of at least 4 members (excludes halogenated alkanes) is 8. The van der Waals surface area contributed by atoms with Crippen molar-refractivity contribution in [1.29, 1.82) is 0 Å². The van der Waals surface area contributed by atoms with Crippen molar-refractivity contribution in [3.05, 3.63) is 24.0 Å². The smallest absolute Gasteiger partial charge is 0.164 e. The van der Waals surface area contributed by atoms with Gasteiger partial charge in [0.15, 0.2) is 5.78 Å². The van der Waals surface area contributed by atoms with Crippen molar-refractivity contribution >= 4 is 5.78 Å². The van der Waals surface area contributed by atoms with Crippen LogP contribution in [0.4, 0.5) is 0 Å². The maximum absolute atomic E-state index is 11.9. The Labute approximate surface area is 162 Å². The molecule has 1 atom stereocenters. The largest absolute Gasteiger partial charge is 0.367 e. The van der Waals surface area contributed by atoms with E-state index in [0.717, 1.165) is 23.8 Å². The number of aromatic nitrogens is 1. The maximum Gasteiger partial charge on any atom is 0.164 e. The number of carbonyl (C=O) groups excluding carboxylic acids is 1. The minimum atomic E-state index is 0.283. The van der Waals surface area contributed by atoms with Gasteiger partial charge in [0.1, 0.15) is 0 Å². The van der Waals surface area contributed by atoms with Gasteiger partial charge in [0.2, 0.25) is 0 Å². The van der Waals surface area contributed by atoms with E-state index in [4.69, 9.17) is 0 Å². The average molecular weight is 362 g/mol. The second-order valence-corrected chi connectivity index (χ2v) is 8.53. The van der Waals surface area contributed by atoms with Gasteiger partial charge in [0.25, 0.3) is 0 Å². The first kappa shape index (κ1) is 23.0. The lowest BCUT2D eigenvalue weighted by atomic mass is 9.87. The molecule has 0 spiro atoms. The summed E-state index contributed by atoms with van der Waals surface area (Å²) in [6.07, 6.45) is 21.8. The van der Waals surface area contributed by atoms with Crippen LogP contribution < -0.4 is 0 Å². The summed E-state index contributed by atoms with van der Waals surface area (Å²) in [6.45, 7) is 7.04. The van der Waals surface area contributed by atoms with E-state index in [1.807, 2.05) is 12.3 Å². The molecule has 0 fully saturated rings. The fraction of sp³-hybridized carbons (Fsp3) is 0.792. The van der Waals surface area contributed by atoms with Gasteiger partial charge >= 0.3 is 0 Å². The van der Waals surface area contributed by atoms with Crippen LogP contribution >= 0.6 is 0 Å². The van der Waals surface area contributed by atoms with Gasteiger partial charge in [-0.3, -0.25) is 4.79 Å². The molecule has 0 aromatic carbocycles. The van der Waals surface area contributed by atoms with Crippen LogP contribution in [0.1, 0.15) is 121 Å². The van der Waals surface area contributed by atoms with E-state index < -0.39 is 0 Å². The van der Waals surface area contributed by atoms with Crippen LogP contribution in [-0.2, 0) is 0 Å². The quantitative estimate of drug-likeness (QED) is 0.221. The lowest BCUT2D eigenvalue weighted by molar-refractivity contribution is 0.0979. The summed E-state index contributed by atoms with van der Waals surface area (Å²) in [6, 6.07) is 1.87. The molecular formula is C24H43NO. The summed E-state index contributed by atoms with van der Waals surface area (Å²) < 4.78 is 0. The number of carbonyl (C=O) groups is 1. The molecule has 0 saturated carbocycles. The SMILES string of the molecule is CCCCCC(CCCCCCCCCC(=O)c1cc[nH]c1)CC(C)C. The molecule has 0 aliphatic rings. The highest BCUT2D eigenvalue weighted by molar-refractivity contribution is 5.95. The fourth-order valence-corrected chi connectivity index (χ4v) is 3.97. The van der Waals surface area contributed by atoms with E-state index in [2.05, 4.69) is 25.8 Å². The van der Waals surface area contributed by atoms with E-state index in [-0.39, 0.29) is 5.78 Å². The molecule has 1 unspecified atom stereocenters. The van der Waals surface area contributed by atoms with E-state index in [1.54, 1.807) is 6.20 Å². The van der Waals surface area contributed by atoms with Crippen LogP contribution in [0.2, 0.25) is 0 Å². The maximum atomic E-state index is 11.9. The van der Waals surface area contributed by atoms with E-state index in [1.165, 1.54) is 77.0 Å². The van der Waals surface area contributed by atoms with Gasteiger partial charge in [0, 0.05) is 24.4 Å². The minimum Gasteiger partial charge on any atom is -0.367 e. The highest BCUT2D eigenvalue weighted by Crippen LogP contribution is 2.24. The third-order valence-electron chi connectivity index (χ3n) is 5.46. The zero-order chi connectivity index (χ0) is 19.0. The molecule has 1 N–H and O–H groups in total.